The van der Waals surface area contributed by atoms with Gasteiger partial charge in [0.15, 0.2) is 0 Å². The van der Waals surface area contributed by atoms with Crippen LogP contribution in [0.1, 0.15) is 114 Å². The number of carbonyl (C=O) groups excluding carboxylic acids is 18. The predicted octanol–water partition coefficient (Wildman–Crippen LogP) is -4.72. The number of imidazole rings is 1. The third-order valence-corrected chi connectivity index (χ3v) is 24.3. The molecule has 0 radical (unpaired) electrons. The lowest BCUT2D eigenvalue weighted by molar-refractivity contribution is -0.152. The van der Waals surface area contributed by atoms with Crippen LogP contribution in [0.4, 0.5) is 0 Å². The number of para-hydroxylation sites is 2. The Morgan fingerprint density at radius 2 is 1.08 bits per heavy atom. The number of ether oxygens (including phenoxy) is 1. The molecule has 3 aliphatic heterocycles. The van der Waals surface area contributed by atoms with E-state index in [4.69, 9.17) is 21.9 Å². The number of nitrogens with zero attached hydrogens (tertiary/aromatic N) is 6. The molecule has 22 N–H and O–H groups in total. The molecular formula is C87H118N22O22S. The SMILES string of the molecule is CCCC[C@H]1C(=O)N(C)[C@@H](CCCC)C(=O)N[C@@H](C)C(=O)N[C@H](C(=O)NCC(N)=O)CSCC(=O)N[C@@H](Cc2ccc(O)cc2)C(=O)N(C)[C@@H](C)C(=O)N[C@@H](CC(N)=O)C(=O)N2CCOC[C@H]2C(=O)N[C@@H](Cc2cnc[nH]2)C(=O)N[C@@H](CCC(N)=O)C(=O)N2C[C@H](O)C[C@H]2C(=O)N[C@@H](Cc2c[nH]c3ccccc23)C(=O)N[C@@H](CO)C(=O)N[C@@H](Cc2c[nH]c3ccccc23)C(=O)N1C. The van der Waals surface area contributed by atoms with Crippen LogP contribution in [0.2, 0.25) is 0 Å². The molecule has 0 unspecified atom stereocenters. The summed E-state index contributed by atoms with van der Waals surface area (Å²) < 4.78 is 5.69. The van der Waals surface area contributed by atoms with Gasteiger partial charge in [-0.15, -0.1) is 11.8 Å². The Bertz CT molecular complexity index is 5150. The summed E-state index contributed by atoms with van der Waals surface area (Å²) in [6.07, 6.45) is 2.13. The van der Waals surface area contributed by atoms with Gasteiger partial charge in [-0.2, -0.15) is 0 Å². The van der Waals surface area contributed by atoms with Gasteiger partial charge < -0.3 is 130 Å². The van der Waals surface area contributed by atoms with Gasteiger partial charge in [0.25, 0.3) is 0 Å². The van der Waals surface area contributed by atoms with Crippen LogP contribution in [-0.2, 0) is 117 Å². The molecule has 0 aliphatic carbocycles. The first-order valence-electron chi connectivity index (χ1n) is 43.5. The molecule has 3 aromatic heterocycles. The van der Waals surface area contributed by atoms with Crippen molar-refractivity contribution in [3.8, 4) is 5.75 Å². The van der Waals surface area contributed by atoms with Gasteiger partial charge in [-0.1, -0.05) is 88.1 Å². The molecule has 3 aliphatic rings. The minimum atomic E-state index is -1.92. The Kier molecular flexibility index (Phi) is 37.4. The maximum Gasteiger partial charge on any atom is 0.246 e. The summed E-state index contributed by atoms with van der Waals surface area (Å²) in [7, 11) is 3.87. The van der Waals surface area contributed by atoms with Crippen molar-refractivity contribution in [2.75, 3.05) is 72.1 Å². The number of morpholine rings is 1. The zero-order chi connectivity index (χ0) is 96.3. The maximum absolute atomic E-state index is 15.6. The number of hydrogen-bond acceptors (Lipinski definition) is 24. The van der Waals surface area contributed by atoms with Crippen molar-refractivity contribution < 1.29 is 106 Å². The van der Waals surface area contributed by atoms with Crippen LogP contribution in [0.15, 0.2) is 97.7 Å². The van der Waals surface area contributed by atoms with Crippen LogP contribution in [0.3, 0.4) is 0 Å². The molecule has 44 nitrogen and oxygen atoms in total. The smallest absolute Gasteiger partial charge is 0.246 e. The third kappa shape index (κ3) is 27.8. The molecular weight excluding hydrogens is 1740 g/mol. The van der Waals surface area contributed by atoms with Gasteiger partial charge in [-0.05, 0) is 74.1 Å². The first-order chi connectivity index (χ1) is 62.9. The highest BCUT2D eigenvalue weighted by Crippen LogP contribution is 2.27. The monoisotopic (exact) mass is 1850 g/mol. The zero-order valence-corrected chi connectivity index (χ0v) is 75.2. The fourth-order valence-electron chi connectivity index (χ4n) is 15.8. The van der Waals surface area contributed by atoms with E-state index in [-0.39, 0.29) is 56.7 Å². The average molecular weight is 1860 g/mol. The summed E-state index contributed by atoms with van der Waals surface area (Å²) in [5.74, 6) is -19.0. The van der Waals surface area contributed by atoms with Crippen LogP contribution in [0, 0.1) is 0 Å². The molecule has 0 bridgehead atoms. The van der Waals surface area contributed by atoms with Crippen LogP contribution in [-0.4, -0.2) is 329 Å². The Hall–Kier alpha value is -13.6. The molecule has 0 spiro atoms. The molecule has 18 amide bonds. The number of rotatable bonds is 23. The number of unbranched alkanes of at least 4 members (excludes halogenated alkanes) is 2. The van der Waals surface area contributed by atoms with Crippen molar-refractivity contribution in [3.63, 3.8) is 0 Å². The fraction of sp³-hybridized carbons (Fsp3) is 0.506. The van der Waals surface area contributed by atoms with E-state index in [1.165, 1.54) is 71.8 Å². The van der Waals surface area contributed by atoms with Gasteiger partial charge in [-0.25, -0.2) is 4.98 Å². The number of aliphatic hydroxyl groups is 2. The normalized spacial score (nSPS) is 25.1. The number of aromatic nitrogens is 4. The van der Waals surface area contributed by atoms with Gasteiger partial charge in [-0.3, -0.25) is 86.3 Å². The van der Waals surface area contributed by atoms with Crippen LogP contribution in [0.25, 0.3) is 21.8 Å². The van der Waals surface area contributed by atoms with Crippen molar-refractivity contribution in [3.05, 3.63) is 120 Å². The summed E-state index contributed by atoms with van der Waals surface area (Å²) in [5.41, 5.74) is 19.5. The van der Waals surface area contributed by atoms with E-state index >= 15 is 33.6 Å². The number of aromatic hydroxyl groups is 1. The minimum Gasteiger partial charge on any atom is -0.508 e. The average Bonchev–Trinajstić information content (AvgIpc) is 1.63. The molecule has 9 rings (SSSR count). The largest absolute Gasteiger partial charge is 0.508 e. The highest BCUT2D eigenvalue weighted by Gasteiger charge is 2.47. The molecule has 0 saturated carbocycles. The van der Waals surface area contributed by atoms with Crippen molar-refractivity contribution in [2.24, 2.45) is 17.2 Å². The van der Waals surface area contributed by atoms with Crippen molar-refractivity contribution in [1.29, 1.82) is 0 Å². The number of aromatic amines is 3. The second kappa shape index (κ2) is 48.4. The van der Waals surface area contributed by atoms with E-state index in [9.17, 15) is 68.1 Å². The number of hydrogen-bond donors (Lipinski definition) is 19. The summed E-state index contributed by atoms with van der Waals surface area (Å²) in [5, 5.41) is 59.7. The predicted molar refractivity (Wildman–Crippen MR) is 477 cm³/mol. The van der Waals surface area contributed by atoms with Gasteiger partial charge in [0, 0.05) is 125 Å². The van der Waals surface area contributed by atoms with Crippen LogP contribution >= 0.6 is 11.8 Å². The number of carbonyl (C=O) groups is 18. The van der Waals surface area contributed by atoms with Crippen molar-refractivity contribution >= 4 is 140 Å². The van der Waals surface area contributed by atoms with E-state index in [2.05, 4.69) is 73.1 Å². The topological polar surface area (TPSA) is 652 Å². The molecule has 714 valence electrons. The summed E-state index contributed by atoms with van der Waals surface area (Å²) in [6, 6.07) is -3.33. The van der Waals surface area contributed by atoms with E-state index in [1.54, 1.807) is 60.9 Å². The number of thioether (sulfide) groups is 1. The Labute approximate surface area is 763 Å². The number of primary amides is 3. The molecule has 132 heavy (non-hydrogen) atoms. The lowest BCUT2D eigenvalue weighted by atomic mass is 10.00. The molecule has 6 aromatic rings. The van der Waals surface area contributed by atoms with Crippen molar-refractivity contribution in [2.45, 2.75) is 208 Å². The van der Waals surface area contributed by atoms with Crippen LogP contribution in [0.5, 0.6) is 5.75 Å². The van der Waals surface area contributed by atoms with Gasteiger partial charge >= 0.3 is 0 Å². The number of benzene rings is 3. The summed E-state index contributed by atoms with van der Waals surface area (Å²) >= 11 is 0.764. The Balaban J connectivity index is 1.09. The number of phenols is 1. The molecule has 45 heteroatoms. The molecule has 3 aromatic carbocycles. The molecule has 6 heterocycles. The first kappa shape index (κ1) is 102. The molecule has 3 fully saturated rings. The van der Waals surface area contributed by atoms with Crippen molar-refractivity contribution in [1.82, 2.24) is 97.6 Å². The quantitative estimate of drug-likeness (QED) is 0.0287. The van der Waals surface area contributed by atoms with E-state index in [0.717, 1.165) is 36.3 Å². The maximum atomic E-state index is 15.6. The van der Waals surface area contributed by atoms with E-state index in [0.29, 0.717) is 64.2 Å². The van der Waals surface area contributed by atoms with E-state index < -0.39 is 267 Å². The van der Waals surface area contributed by atoms with E-state index in [1.807, 2.05) is 13.8 Å². The lowest BCUT2D eigenvalue weighted by Crippen LogP contribution is -2.64. The summed E-state index contributed by atoms with van der Waals surface area (Å²) in [4.78, 5) is 279. The second-order valence-corrected chi connectivity index (χ2v) is 34.0. The number of nitrogens with two attached hydrogens (primary N) is 3. The number of likely N-dealkylation sites (N-methyl/N-ethyl adjacent to an activating group) is 3. The Morgan fingerprint density at radius 1 is 0.538 bits per heavy atom. The van der Waals surface area contributed by atoms with Gasteiger partial charge in [0.05, 0.1) is 51.0 Å². The third-order valence-electron chi connectivity index (χ3n) is 23.3. The standard InChI is InChI=1S/C87H118N22O22S/c1-8-10-20-66-80(123)96-46(3)74(117)104-65(76(119)94-39-72(90)115)43-132-44-73(116)97-61(30-48-22-24-52(111)25-23-48)83(126)105(5)47(4)75(118)101-63(35-71(89)114)86(129)108-28-29-131-42-69(108)82(125)100-60(33-51-38-91-45-95-51)78(121)98-58(26-27-70(88)113)85(128)109-40-53(112)34-68(109)81(124)99-59(31-49-36-92-56-18-14-12-16-54(49)56)77(120)103-64(41-110)79(122)102-62(32-50-37-93-57-19-15-13-17-55(50)57)84(127)107(7)67(21-11-9-2)87(130)106(66)6/h12-19,22-25,36-38,45-47,53,58-69,92-93,110-112H,8-11,20-21,26-35,39-44H2,1-7H3,(H2,88,113)(H2,89,114)(H2,90,115)(H,91,95)(H,94,119)(H,96,123)(H,97,116)(H,98,121)(H,99,124)(H,100,125)(H,101,118)(H,102,122)(H,103,120)(H,104,117)/t46-,47-,53+,58-,59-,60-,61-,62-,63-,64-,65-,66-,67-,68-,69-/m0/s1. The second-order valence-electron chi connectivity index (χ2n) is 33.0. The fourth-order valence-corrected chi connectivity index (χ4v) is 16.6. The Morgan fingerprint density at radius 3 is 1.68 bits per heavy atom. The highest BCUT2D eigenvalue weighted by atomic mass is 32.2. The number of aliphatic hydroxyl groups excluding tert-OH is 2. The zero-order valence-electron chi connectivity index (χ0n) is 74.4. The van der Waals surface area contributed by atoms with Crippen LogP contribution < -0.4 is 70.4 Å². The number of fused-ring (bicyclic) bond motifs is 4. The molecule has 3 saturated heterocycles. The van der Waals surface area contributed by atoms with Gasteiger partial charge in [0.2, 0.25) is 106 Å². The number of phenolic OH excluding ortho intramolecular Hbond substituents is 1. The number of H-pyrrole nitrogens is 3. The number of amides is 18. The lowest BCUT2D eigenvalue weighted by Gasteiger charge is -2.37. The highest BCUT2D eigenvalue weighted by molar-refractivity contribution is 8.00. The summed E-state index contributed by atoms with van der Waals surface area (Å²) in [6.45, 7) is 2.62. The van der Waals surface area contributed by atoms with Gasteiger partial charge in [0.1, 0.15) is 90.3 Å². The minimum absolute atomic E-state index is 0.000499. The molecule has 15 atom stereocenters. The first-order valence-corrected chi connectivity index (χ1v) is 44.6. The number of nitrogens with one attached hydrogen (secondary N) is 13.